The van der Waals surface area contributed by atoms with E-state index in [0.29, 0.717) is 23.8 Å². The molecule has 7 nitrogen and oxygen atoms in total. The summed E-state index contributed by atoms with van der Waals surface area (Å²) in [5.74, 6) is 0.639. The van der Waals surface area contributed by atoms with E-state index in [2.05, 4.69) is 29.2 Å². The summed E-state index contributed by atoms with van der Waals surface area (Å²) in [6, 6.07) is 1.83. The molecule has 2 aromatic heterocycles. The van der Waals surface area contributed by atoms with Crippen molar-refractivity contribution in [1.82, 2.24) is 19.7 Å². The molecule has 2 aromatic rings. The Kier molecular flexibility index (Phi) is 5.57. The summed E-state index contributed by atoms with van der Waals surface area (Å²) < 4.78 is 2.04. The van der Waals surface area contributed by atoms with E-state index in [1.807, 2.05) is 21.8 Å². The second-order valence-corrected chi connectivity index (χ2v) is 9.69. The fourth-order valence-corrected chi connectivity index (χ4v) is 4.77. The van der Waals surface area contributed by atoms with Gasteiger partial charge in [0.2, 0.25) is 11.8 Å². The first-order chi connectivity index (χ1) is 14.2. The van der Waals surface area contributed by atoms with Gasteiger partial charge in [-0.05, 0) is 36.7 Å². The molecule has 160 valence electrons. The highest BCUT2D eigenvalue weighted by Crippen LogP contribution is 2.39. The molecule has 0 aliphatic carbocycles. The van der Waals surface area contributed by atoms with E-state index < -0.39 is 0 Å². The quantitative estimate of drug-likeness (QED) is 0.802. The molecule has 2 aliphatic rings. The number of pyridine rings is 1. The predicted octanol–water partition coefficient (Wildman–Crippen LogP) is 3.77. The zero-order chi connectivity index (χ0) is 21.5. The van der Waals surface area contributed by atoms with Gasteiger partial charge in [0.25, 0.3) is 0 Å². The number of hydrogen-bond donors (Lipinski definition) is 1. The topological polar surface area (TPSA) is 80.1 Å². The molecule has 0 radical (unpaired) electrons. The third kappa shape index (κ3) is 4.36. The Bertz CT molecular complexity index is 984. The standard InChI is InChI=1S/C22H28ClN5O2/c1-14(29)27-6-4-5-15(12-27)7-21(30)26-20-8-16(18(23)11-24-20)17-10-25-28-13-22(2,3)9-19(17)28/h8,10-11,15H,4-7,9,12-13H2,1-3H3,(H,24,26,30). The lowest BCUT2D eigenvalue weighted by Crippen LogP contribution is -2.39. The number of amides is 2. The summed E-state index contributed by atoms with van der Waals surface area (Å²) in [6.45, 7) is 8.33. The summed E-state index contributed by atoms with van der Waals surface area (Å²) in [4.78, 5) is 30.3. The molecule has 2 aliphatic heterocycles. The molecule has 1 N–H and O–H groups in total. The minimum absolute atomic E-state index is 0.0704. The van der Waals surface area contributed by atoms with Crippen LogP contribution in [0.1, 0.15) is 45.7 Å². The number of carbonyl (C=O) groups excluding carboxylic acids is 2. The first-order valence-corrected chi connectivity index (χ1v) is 10.9. The molecular formula is C22H28ClN5O2. The molecule has 30 heavy (non-hydrogen) atoms. The van der Waals surface area contributed by atoms with Crippen molar-refractivity contribution >= 4 is 29.2 Å². The normalized spacial score (nSPS) is 20.1. The number of rotatable bonds is 4. The highest BCUT2D eigenvalue weighted by molar-refractivity contribution is 6.33. The van der Waals surface area contributed by atoms with E-state index in [9.17, 15) is 9.59 Å². The van der Waals surface area contributed by atoms with Crippen LogP contribution in [0.25, 0.3) is 11.1 Å². The van der Waals surface area contributed by atoms with E-state index in [-0.39, 0.29) is 23.1 Å². The second kappa shape index (κ2) is 8.02. The number of halogens is 1. The molecule has 0 spiro atoms. The molecule has 4 heterocycles. The third-order valence-electron chi connectivity index (χ3n) is 6.02. The summed E-state index contributed by atoms with van der Waals surface area (Å²) in [5, 5.41) is 7.96. The van der Waals surface area contributed by atoms with Crippen LogP contribution in [0.5, 0.6) is 0 Å². The second-order valence-electron chi connectivity index (χ2n) is 9.28. The van der Waals surface area contributed by atoms with E-state index >= 15 is 0 Å². The van der Waals surface area contributed by atoms with E-state index in [1.54, 1.807) is 13.1 Å². The van der Waals surface area contributed by atoms with Crippen LogP contribution in [0.3, 0.4) is 0 Å². The molecule has 0 bridgehead atoms. The Balaban J connectivity index is 1.47. The Morgan fingerprint density at radius 2 is 2.10 bits per heavy atom. The van der Waals surface area contributed by atoms with E-state index in [4.69, 9.17) is 11.6 Å². The van der Waals surface area contributed by atoms with Crippen LogP contribution in [0.4, 0.5) is 5.82 Å². The van der Waals surface area contributed by atoms with Crippen LogP contribution >= 0.6 is 11.6 Å². The van der Waals surface area contributed by atoms with Gasteiger partial charge >= 0.3 is 0 Å². The van der Waals surface area contributed by atoms with Crippen molar-refractivity contribution in [3.05, 3.63) is 29.2 Å². The minimum atomic E-state index is -0.0902. The number of aromatic nitrogens is 3. The van der Waals surface area contributed by atoms with Crippen LogP contribution < -0.4 is 5.32 Å². The number of likely N-dealkylation sites (tertiary alicyclic amines) is 1. The maximum absolute atomic E-state index is 12.6. The molecule has 1 unspecified atom stereocenters. The number of carbonyl (C=O) groups is 2. The van der Waals surface area contributed by atoms with Crippen molar-refractivity contribution in [3.63, 3.8) is 0 Å². The number of anilines is 1. The van der Waals surface area contributed by atoms with Gasteiger partial charge in [-0.1, -0.05) is 25.4 Å². The van der Waals surface area contributed by atoms with Crippen molar-refractivity contribution in [2.45, 2.75) is 53.0 Å². The average Bonchev–Trinajstić information content (AvgIpc) is 3.18. The van der Waals surface area contributed by atoms with Crippen molar-refractivity contribution in [1.29, 1.82) is 0 Å². The van der Waals surface area contributed by atoms with Gasteiger partial charge in [-0.3, -0.25) is 14.3 Å². The molecule has 2 amide bonds. The zero-order valence-electron chi connectivity index (χ0n) is 17.7. The Morgan fingerprint density at radius 3 is 2.87 bits per heavy atom. The lowest BCUT2D eigenvalue weighted by atomic mass is 9.89. The fraction of sp³-hybridized carbons (Fsp3) is 0.545. The summed E-state index contributed by atoms with van der Waals surface area (Å²) >= 11 is 6.45. The molecule has 4 rings (SSSR count). The van der Waals surface area contributed by atoms with Gasteiger partial charge in [0.05, 0.1) is 11.2 Å². The summed E-state index contributed by atoms with van der Waals surface area (Å²) in [7, 11) is 0. The maximum Gasteiger partial charge on any atom is 0.225 e. The Labute approximate surface area is 181 Å². The van der Waals surface area contributed by atoms with Crippen molar-refractivity contribution in [3.8, 4) is 11.1 Å². The van der Waals surface area contributed by atoms with Crippen LogP contribution in [0.2, 0.25) is 5.02 Å². The molecule has 1 saturated heterocycles. The van der Waals surface area contributed by atoms with Crippen LogP contribution in [-0.4, -0.2) is 44.6 Å². The van der Waals surface area contributed by atoms with Crippen molar-refractivity contribution in [2.75, 3.05) is 18.4 Å². The van der Waals surface area contributed by atoms with Crippen LogP contribution in [0.15, 0.2) is 18.5 Å². The van der Waals surface area contributed by atoms with Gasteiger partial charge in [0, 0.05) is 56.0 Å². The minimum Gasteiger partial charge on any atom is -0.343 e. The average molecular weight is 430 g/mol. The lowest BCUT2D eigenvalue weighted by molar-refractivity contribution is -0.131. The van der Waals surface area contributed by atoms with Gasteiger partial charge in [0.1, 0.15) is 5.82 Å². The van der Waals surface area contributed by atoms with Gasteiger partial charge in [0.15, 0.2) is 0 Å². The predicted molar refractivity (Wildman–Crippen MR) is 116 cm³/mol. The van der Waals surface area contributed by atoms with E-state index in [1.165, 1.54) is 0 Å². The Morgan fingerprint density at radius 1 is 1.30 bits per heavy atom. The van der Waals surface area contributed by atoms with Gasteiger partial charge < -0.3 is 10.2 Å². The summed E-state index contributed by atoms with van der Waals surface area (Å²) in [5.41, 5.74) is 3.16. The molecule has 1 atom stereocenters. The maximum atomic E-state index is 12.6. The first-order valence-electron chi connectivity index (χ1n) is 10.5. The highest BCUT2D eigenvalue weighted by atomic mass is 35.5. The monoisotopic (exact) mass is 429 g/mol. The highest BCUT2D eigenvalue weighted by Gasteiger charge is 2.32. The number of nitrogens with one attached hydrogen (secondary N) is 1. The number of hydrogen-bond acceptors (Lipinski definition) is 4. The van der Waals surface area contributed by atoms with Gasteiger partial charge in [-0.2, -0.15) is 5.10 Å². The largest absolute Gasteiger partial charge is 0.343 e. The molecule has 0 aromatic carbocycles. The SMILES string of the molecule is CC(=O)N1CCCC(CC(=O)Nc2cc(-c3cnn4c3CC(C)(C)C4)c(Cl)cn2)C1. The number of piperidine rings is 1. The van der Waals surface area contributed by atoms with E-state index in [0.717, 1.165) is 49.2 Å². The number of nitrogens with zero attached hydrogens (tertiary/aromatic N) is 4. The van der Waals surface area contributed by atoms with Gasteiger partial charge in [-0.15, -0.1) is 0 Å². The lowest BCUT2D eigenvalue weighted by Gasteiger charge is -2.31. The van der Waals surface area contributed by atoms with Crippen molar-refractivity contribution in [2.24, 2.45) is 11.3 Å². The molecule has 1 fully saturated rings. The molecule has 0 saturated carbocycles. The zero-order valence-corrected chi connectivity index (χ0v) is 18.5. The first kappa shape index (κ1) is 20.8. The smallest absolute Gasteiger partial charge is 0.225 e. The molecular weight excluding hydrogens is 402 g/mol. The third-order valence-corrected chi connectivity index (χ3v) is 6.33. The number of fused-ring (bicyclic) bond motifs is 1. The molecule has 8 heteroatoms. The van der Waals surface area contributed by atoms with Gasteiger partial charge in [-0.25, -0.2) is 4.98 Å². The van der Waals surface area contributed by atoms with Crippen LogP contribution in [0, 0.1) is 11.3 Å². The van der Waals surface area contributed by atoms with Crippen LogP contribution in [-0.2, 0) is 22.6 Å². The summed E-state index contributed by atoms with van der Waals surface area (Å²) in [6.07, 6.45) is 6.61. The Hall–Kier alpha value is -2.41. The van der Waals surface area contributed by atoms with Crippen molar-refractivity contribution < 1.29 is 9.59 Å². The fourth-order valence-electron chi connectivity index (χ4n) is 4.56.